The van der Waals surface area contributed by atoms with Crippen LogP contribution in [0, 0.1) is 13.8 Å². The minimum atomic E-state index is -3.96. The Bertz CT molecular complexity index is 1520. The summed E-state index contributed by atoms with van der Waals surface area (Å²) in [5.74, 6) is 0.654. The molecular weight excluding hydrogens is 504 g/mol. The van der Waals surface area contributed by atoms with Gasteiger partial charge < -0.3 is 14.7 Å². The number of piperidine rings is 1. The third-order valence-corrected chi connectivity index (χ3v) is 7.83. The number of hydrogen-bond donors (Lipinski definition) is 2. The van der Waals surface area contributed by atoms with Gasteiger partial charge in [-0.3, -0.25) is 4.68 Å². The second-order valence-corrected chi connectivity index (χ2v) is 11.1. The van der Waals surface area contributed by atoms with Gasteiger partial charge >= 0.3 is 0 Å². The Balaban J connectivity index is 1.47. The Morgan fingerprint density at radius 3 is 2.34 bits per heavy atom. The van der Waals surface area contributed by atoms with Crippen molar-refractivity contribution in [2.24, 2.45) is 7.05 Å². The highest BCUT2D eigenvalue weighted by Gasteiger charge is 2.21. The molecule has 0 aliphatic carbocycles. The Morgan fingerprint density at radius 2 is 1.71 bits per heavy atom. The number of rotatable bonds is 7. The molecule has 11 heteroatoms. The number of benzene rings is 2. The summed E-state index contributed by atoms with van der Waals surface area (Å²) in [5.41, 5.74) is 4.45. The van der Waals surface area contributed by atoms with Gasteiger partial charge in [-0.2, -0.15) is 10.1 Å². The van der Waals surface area contributed by atoms with Crippen LogP contribution in [0.3, 0.4) is 0 Å². The molecule has 0 bridgehead atoms. The molecule has 0 saturated carbocycles. The third kappa shape index (κ3) is 5.63. The highest BCUT2D eigenvalue weighted by atomic mass is 32.2. The fourth-order valence-electron chi connectivity index (χ4n) is 4.56. The minimum absolute atomic E-state index is 0.00404. The second kappa shape index (κ2) is 10.4. The maximum absolute atomic E-state index is 13.0. The molecule has 5 rings (SSSR count). The van der Waals surface area contributed by atoms with Crippen LogP contribution in [0.25, 0.3) is 11.3 Å². The van der Waals surface area contributed by atoms with E-state index in [0.29, 0.717) is 11.4 Å². The first kappa shape index (κ1) is 25.7. The van der Waals surface area contributed by atoms with Crippen LogP contribution in [0.4, 0.5) is 11.6 Å². The first-order valence-electron chi connectivity index (χ1n) is 12.4. The predicted molar refractivity (Wildman–Crippen MR) is 145 cm³/mol. The van der Waals surface area contributed by atoms with Crippen molar-refractivity contribution in [3.05, 3.63) is 72.1 Å². The molecule has 2 aromatic carbocycles. The van der Waals surface area contributed by atoms with Gasteiger partial charge in [0.15, 0.2) is 0 Å². The minimum Gasteiger partial charge on any atom is -0.439 e. The summed E-state index contributed by atoms with van der Waals surface area (Å²) in [6.45, 7) is 5.55. The fourth-order valence-corrected chi connectivity index (χ4v) is 5.48. The van der Waals surface area contributed by atoms with E-state index in [1.54, 1.807) is 13.1 Å². The first-order valence-corrected chi connectivity index (χ1v) is 13.8. The number of nitrogens with one attached hydrogen (secondary N) is 1. The molecule has 38 heavy (non-hydrogen) atoms. The van der Waals surface area contributed by atoms with Crippen molar-refractivity contribution in [2.75, 3.05) is 22.7 Å². The van der Waals surface area contributed by atoms with Crippen LogP contribution in [0.15, 0.2) is 65.8 Å². The highest BCUT2D eigenvalue weighted by molar-refractivity contribution is 7.92. The SMILES string of the molecule is Cc1cccc(C)c1-c1cc(Oc2ccc(N3CCC(O)CC3)cc2)nc(NS(=O)(=O)c2cnn(C)c2)n1. The van der Waals surface area contributed by atoms with Crippen molar-refractivity contribution in [3.63, 3.8) is 0 Å². The van der Waals surface area contributed by atoms with Crippen LogP contribution in [-0.4, -0.2) is 52.5 Å². The van der Waals surface area contributed by atoms with Crippen molar-refractivity contribution in [1.82, 2.24) is 19.7 Å². The Hall–Kier alpha value is -3.96. The Morgan fingerprint density at radius 1 is 1.03 bits per heavy atom. The maximum atomic E-state index is 13.0. The van der Waals surface area contributed by atoms with Crippen LogP contribution in [-0.2, 0) is 17.1 Å². The van der Waals surface area contributed by atoms with Crippen LogP contribution < -0.4 is 14.4 Å². The Kier molecular flexibility index (Phi) is 7.04. The monoisotopic (exact) mass is 534 g/mol. The summed E-state index contributed by atoms with van der Waals surface area (Å²) in [6.07, 6.45) is 3.93. The summed E-state index contributed by atoms with van der Waals surface area (Å²) in [4.78, 5) is 11.1. The number of ether oxygens (including phenoxy) is 1. The molecule has 198 valence electrons. The lowest BCUT2D eigenvalue weighted by molar-refractivity contribution is 0.145. The Labute approximate surface area is 222 Å². The topological polar surface area (TPSA) is 122 Å². The number of aliphatic hydroxyl groups is 1. The third-order valence-electron chi connectivity index (χ3n) is 6.55. The average Bonchev–Trinajstić information content (AvgIpc) is 3.32. The standard InChI is InChI=1S/C27H30N6O4S/c1-18-5-4-6-19(2)26(18)24-15-25(30-27(29-24)31-38(35,36)23-16-28-32(3)17-23)37-22-9-7-20(8-10-22)33-13-11-21(34)12-14-33/h4-10,15-17,21,34H,11-14H2,1-3H3,(H,29,30,31). The maximum Gasteiger partial charge on any atom is 0.267 e. The molecule has 4 aromatic rings. The van der Waals surface area contributed by atoms with E-state index in [0.717, 1.165) is 48.3 Å². The van der Waals surface area contributed by atoms with Gasteiger partial charge in [0.05, 0.1) is 18.0 Å². The van der Waals surface area contributed by atoms with E-state index in [4.69, 9.17) is 4.74 Å². The second-order valence-electron chi connectivity index (χ2n) is 9.45. The average molecular weight is 535 g/mol. The fraction of sp³-hybridized carbons (Fsp3) is 0.296. The van der Waals surface area contributed by atoms with E-state index in [1.165, 1.54) is 17.1 Å². The van der Waals surface area contributed by atoms with Gasteiger partial charge in [0.2, 0.25) is 11.8 Å². The molecule has 0 unspecified atom stereocenters. The lowest BCUT2D eigenvalue weighted by Crippen LogP contribution is -2.35. The number of hydrogen-bond acceptors (Lipinski definition) is 8. The van der Waals surface area contributed by atoms with Crippen LogP contribution >= 0.6 is 0 Å². The van der Waals surface area contributed by atoms with Crippen LogP contribution in [0.2, 0.25) is 0 Å². The summed E-state index contributed by atoms with van der Waals surface area (Å²) < 4.78 is 35.9. The smallest absolute Gasteiger partial charge is 0.267 e. The zero-order valence-corrected chi connectivity index (χ0v) is 22.3. The summed E-state index contributed by atoms with van der Waals surface area (Å²) in [6, 6.07) is 15.2. The molecule has 1 aliphatic heterocycles. The van der Waals surface area contributed by atoms with Gasteiger partial charge in [0, 0.05) is 43.7 Å². The molecule has 2 aromatic heterocycles. The predicted octanol–water partition coefficient (Wildman–Crippen LogP) is 4.05. The van der Waals surface area contributed by atoms with Gasteiger partial charge in [0.25, 0.3) is 10.0 Å². The number of nitrogens with zero attached hydrogens (tertiary/aromatic N) is 5. The molecule has 0 amide bonds. The zero-order chi connectivity index (χ0) is 26.9. The van der Waals surface area contributed by atoms with Crippen LogP contribution in [0.5, 0.6) is 11.6 Å². The van der Waals surface area contributed by atoms with Gasteiger partial charge in [0.1, 0.15) is 10.6 Å². The molecule has 0 spiro atoms. The van der Waals surface area contributed by atoms with E-state index in [1.807, 2.05) is 56.3 Å². The number of anilines is 2. The lowest BCUT2D eigenvalue weighted by atomic mass is 10.00. The normalized spacial score (nSPS) is 14.5. The summed E-state index contributed by atoms with van der Waals surface area (Å²) in [5, 5.41) is 13.7. The molecule has 1 aliphatic rings. The quantitative estimate of drug-likeness (QED) is 0.364. The molecule has 10 nitrogen and oxygen atoms in total. The van der Waals surface area contributed by atoms with Crippen molar-refractivity contribution in [3.8, 4) is 22.9 Å². The number of aliphatic hydroxyl groups excluding tert-OH is 1. The van der Waals surface area contributed by atoms with Gasteiger partial charge in [-0.1, -0.05) is 18.2 Å². The van der Waals surface area contributed by atoms with Gasteiger partial charge in [-0.25, -0.2) is 18.1 Å². The lowest BCUT2D eigenvalue weighted by Gasteiger charge is -2.31. The largest absolute Gasteiger partial charge is 0.439 e. The van der Waals surface area contributed by atoms with Crippen molar-refractivity contribution < 1.29 is 18.3 Å². The zero-order valence-electron chi connectivity index (χ0n) is 21.5. The highest BCUT2D eigenvalue weighted by Crippen LogP contribution is 2.32. The van der Waals surface area contributed by atoms with E-state index < -0.39 is 10.0 Å². The van der Waals surface area contributed by atoms with Crippen molar-refractivity contribution >= 4 is 21.7 Å². The van der Waals surface area contributed by atoms with E-state index in [2.05, 4.69) is 24.7 Å². The van der Waals surface area contributed by atoms with Crippen molar-refractivity contribution in [1.29, 1.82) is 0 Å². The number of sulfonamides is 1. The molecule has 0 atom stereocenters. The molecule has 2 N–H and O–H groups in total. The molecule has 1 saturated heterocycles. The molecule has 1 fully saturated rings. The van der Waals surface area contributed by atoms with Gasteiger partial charge in [-0.15, -0.1) is 0 Å². The number of aromatic nitrogens is 4. The van der Waals surface area contributed by atoms with Gasteiger partial charge in [-0.05, 0) is 62.1 Å². The molecule has 0 radical (unpaired) electrons. The molecular formula is C27H30N6O4S. The summed E-state index contributed by atoms with van der Waals surface area (Å²) in [7, 11) is -2.32. The van der Waals surface area contributed by atoms with Crippen molar-refractivity contribution in [2.45, 2.75) is 37.7 Å². The van der Waals surface area contributed by atoms with E-state index >= 15 is 0 Å². The number of aryl methyl sites for hydroxylation is 3. The van der Waals surface area contributed by atoms with Crippen LogP contribution in [0.1, 0.15) is 24.0 Å². The summed E-state index contributed by atoms with van der Waals surface area (Å²) >= 11 is 0. The molecule has 3 heterocycles. The van der Waals surface area contributed by atoms with E-state index in [-0.39, 0.29) is 22.8 Å². The first-order chi connectivity index (χ1) is 18.2. The van der Waals surface area contributed by atoms with E-state index in [9.17, 15) is 13.5 Å².